The van der Waals surface area contributed by atoms with Crippen LogP contribution in [-0.4, -0.2) is 66.2 Å². The lowest BCUT2D eigenvalue weighted by Gasteiger charge is -2.43. The van der Waals surface area contributed by atoms with E-state index in [1.807, 2.05) is 6.07 Å². The van der Waals surface area contributed by atoms with Gasteiger partial charge >= 0.3 is 0 Å². The summed E-state index contributed by atoms with van der Waals surface area (Å²) in [5.74, 6) is 0.0589. The number of ether oxygens (including phenoxy) is 1. The predicted octanol–water partition coefficient (Wildman–Crippen LogP) is 0.508. The molecule has 8 nitrogen and oxygen atoms in total. The third-order valence-electron chi connectivity index (χ3n) is 6.21. The molecule has 1 spiro atoms. The van der Waals surface area contributed by atoms with E-state index < -0.39 is 11.7 Å². The molecule has 1 fully saturated rings. The molecular formula is C23H26N4O4. The van der Waals surface area contributed by atoms with Gasteiger partial charge in [-0.1, -0.05) is 24.3 Å². The van der Waals surface area contributed by atoms with Crippen molar-refractivity contribution in [2.45, 2.75) is 24.7 Å². The van der Waals surface area contributed by atoms with Gasteiger partial charge in [-0.25, -0.2) is 0 Å². The quantitative estimate of drug-likeness (QED) is 0.560. The van der Waals surface area contributed by atoms with Crippen LogP contribution in [0.15, 0.2) is 42.5 Å². The van der Waals surface area contributed by atoms with Crippen LogP contribution in [0.25, 0.3) is 0 Å². The zero-order chi connectivity index (χ0) is 21.4. The monoisotopic (exact) mass is 422 g/mol. The highest BCUT2D eigenvalue weighted by Crippen LogP contribution is 2.36. The Morgan fingerprint density at radius 1 is 1.23 bits per heavy atom. The summed E-state index contributed by atoms with van der Waals surface area (Å²) in [6, 6.07) is 13.3. The van der Waals surface area contributed by atoms with Gasteiger partial charge in [0.25, 0.3) is 11.8 Å². The first-order chi connectivity index (χ1) is 15.0. The summed E-state index contributed by atoms with van der Waals surface area (Å²) < 4.78 is 5.86. The normalized spacial score (nSPS) is 20.0. The van der Waals surface area contributed by atoms with E-state index in [1.165, 1.54) is 11.1 Å². The molecule has 1 atom stereocenters. The van der Waals surface area contributed by atoms with E-state index in [9.17, 15) is 14.7 Å². The molecule has 0 bridgehead atoms. The standard InChI is InChI=1S/C23H26N4O4/c28-18(12-27-8-7-15-3-1-2-4-17(15)11-27)10-25-21(29)16-5-6-20-19(9-16)26-22(30)23(31-20)13-24-14-23/h1-6,9,18,24,28H,7-8,10-14H2,(H,25,29)(H,26,30)/t18-/m0/s1. The van der Waals surface area contributed by atoms with E-state index in [1.54, 1.807) is 18.2 Å². The van der Waals surface area contributed by atoms with Crippen LogP contribution in [0.5, 0.6) is 5.75 Å². The first-order valence-electron chi connectivity index (χ1n) is 10.6. The zero-order valence-corrected chi connectivity index (χ0v) is 17.2. The Morgan fingerprint density at radius 3 is 2.81 bits per heavy atom. The average Bonchev–Trinajstić information content (AvgIpc) is 2.75. The third-order valence-corrected chi connectivity index (χ3v) is 6.21. The van der Waals surface area contributed by atoms with Gasteiger partial charge in [0, 0.05) is 44.8 Å². The summed E-state index contributed by atoms with van der Waals surface area (Å²) in [5.41, 5.74) is 2.72. The first-order valence-corrected chi connectivity index (χ1v) is 10.6. The molecule has 4 N–H and O–H groups in total. The Labute approximate surface area is 180 Å². The van der Waals surface area contributed by atoms with Crippen molar-refractivity contribution in [1.29, 1.82) is 0 Å². The first kappa shape index (κ1) is 20.0. The second-order valence-corrected chi connectivity index (χ2v) is 8.48. The molecular weight excluding hydrogens is 396 g/mol. The largest absolute Gasteiger partial charge is 0.473 e. The Balaban J connectivity index is 1.15. The molecule has 2 aromatic carbocycles. The number of aliphatic hydroxyl groups is 1. The van der Waals surface area contributed by atoms with Crippen molar-refractivity contribution in [2.75, 3.05) is 38.0 Å². The number of anilines is 1. The zero-order valence-electron chi connectivity index (χ0n) is 17.2. The summed E-state index contributed by atoms with van der Waals surface area (Å²) >= 11 is 0. The van der Waals surface area contributed by atoms with Crippen LogP contribution in [0.2, 0.25) is 0 Å². The SMILES string of the molecule is O=C(NC[C@H](O)CN1CCc2ccccc2C1)c1ccc2c(c1)NC(=O)C1(CNC1)O2. The molecule has 31 heavy (non-hydrogen) atoms. The van der Waals surface area contributed by atoms with Crippen LogP contribution in [0.4, 0.5) is 5.69 Å². The highest BCUT2D eigenvalue weighted by Gasteiger charge is 2.49. The van der Waals surface area contributed by atoms with Crippen LogP contribution in [0, 0.1) is 0 Å². The van der Waals surface area contributed by atoms with E-state index in [0.29, 0.717) is 36.6 Å². The Bertz CT molecular complexity index is 1020. The number of fused-ring (bicyclic) bond motifs is 2. The predicted molar refractivity (Wildman–Crippen MR) is 115 cm³/mol. The second kappa shape index (κ2) is 7.96. The number of benzene rings is 2. The van der Waals surface area contributed by atoms with E-state index >= 15 is 0 Å². The number of carbonyl (C=O) groups excluding carboxylic acids is 2. The van der Waals surface area contributed by atoms with Gasteiger partial charge < -0.3 is 25.8 Å². The van der Waals surface area contributed by atoms with Crippen molar-refractivity contribution in [3.8, 4) is 5.75 Å². The molecule has 3 heterocycles. The number of hydrogen-bond donors (Lipinski definition) is 4. The lowest BCUT2D eigenvalue weighted by atomic mass is 9.93. The highest BCUT2D eigenvalue weighted by molar-refractivity contribution is 6.03. The maximum atomic E-state index is 12.6. The second-order valence-electron chi connectivity index (χ2n) is 8.48. The summed E-state index contributed by atoms with van der Waals surface area (Å²) in [6.07, 6.45) is 0.302. The third kappa shape index (κ3) is 3.89. The molecule has 0 aliphatic carbocycles. The molecule has 3 aliphatic rings. The summed E-state index contributed by atoms with van der Waals surface area (Å²) in [5, 5.41) is 19.1. The average molecular weight is 422 g/mol. The molecule has 0 aromatic heterocycles. The van der Waals surface area contributed by atoms with Gasteiger partial charge in [-0.2, -0.15) is 0 Å². The van der Waals surface area contributed by atoms with Crippen molar-refractivity contribution >= 4 is 17.5 Å². The fraction of sp³-hybridized carbons (Fsp3) is 0.391. The van der Waals surface area contributed by atoms with Crippen molar-refractivity contribution in [2.24, 2.45) is 0 Å². The van der Waals surface area contributed by atoms with Crippen LogP contribution >= 0.6 is 0 Å². The van der Waals surface area contributed by atoms with Crippen molar-refractivity contribution in [3.63, 3.8) is 0 Å². The van der Waals surface area contributed by atoms with Gasteiger partial charge in [-0.05, 0) is 35.7 Å². The minimum Gasteiger partial charge on any atom is -0.473 e. The van der Waals surface area contributed by atoms with Gasteiger partial charge in [-0.3, -0.25) is 14.5 Å². The Hall–Kier alpha value is -2.94. The minimum atomic E-state index is -0.837. The summed E-state index contributed by atoms with van der Waals surface area (Å²) in [4.78, 5) is 27.1. The number of carbonyl (C=O) groups is 2. The maximum absolute atomic E-state index is 12.6. The number of rotatable bonds is 5. The van der Waals surface area contributed by atoms with Gasteiger partial charge in [0.15, 0.2) is 0 Å². The van der Waals surface area contributed by atoms with Crippen LogP contribution in [0.3, 0.4) is 0 Å². The lowest BCUT2D eigenvalue weighted by molar-refractivity contribution is -0.136. The topological polar surface area (TPSA) is 103 Å². The van der Waals surface area contributed by atoms with Crippen molar-refractivity contribution < 1.29 is 19.4 Å². The highest BCUT2D eigenvalue weighted by atomic mass is 16.5. The molecule has 8 heteroatoms. The molecule has 2 amide bonds. The number of aliphatic hydroxyl groups excluding tert-OH is 1. The minimum absolute atomic E-state index is 0.158. The number of hydrogen-bond acceptors (Lipinski definition) is 6. The van der Waals surface area contributed by atoms with Crippen LogP contribution in [0.1, 0.15) is 21.5 Å². The maximum Gasteiger partial charge on any atom is 0.271 e. The van der Waals surface area contributed by atoms with E-state index in [2.05, 4.69) is 39.0 Å². The number of amides is 2. The van der Waals surface area contributed by atoms with Gasteiger partial charge in [0.2, 0.25) is 5.60 Å². The summed E-state index contributed by atoms with van der Waals surface area (Å²) in [6.45, 7) is 3.30. The van der Waals surface area contributed by atoms with Crippen molar-refractivity contribution in [3.05, 3.63) is 59.2 Å². The Morgan fingerprint density at radius 2 is 2.03 bits per heavy atom. The number of nitrogens with one attached hydrogen (secondary N) is 3. The number of β-amino-alcohol motifs (C(OH)–C–C–N with tert-alkyl or cyclic N) is 1. The summed E-state index contributed by atoms with van der Waals surface area (Å²) in [7, 11) is 0. The van der Waals surface area contributed by atoms with Gasteiger partial charge in [0.1, 0.15) is 5.75 Å². The molecule has 3 aliphatic heterocycles. The Kier molecular flexibility index (Phi) is 5.13. The molecule has 5 rings (SSSR count). The molecule has 0 unspecified atom stereocenters. The smallest absolute Gasteiger partial charge is 0.271 e. The fourth-order valence-corrected chi connectivity index (χ4v) is 4.32. The van der Waals surface area contributed by atoms with Crippen LogP contribution < -0.4 is 20.7 Å². The van der Waals surface area contributed by atoms with Crippen LogP contribution in [-0.2, 0) is 17.8 Å². The molecule has 1 saturated heterocycles. The molecule has 0 saturated carbocycles. The molecule has 2 aromatic rings. The molecule has 0 radical (unpaired) electrons. The van der Waals surface area contributed by atoms with E-state index in [4.69, 9.17) is 4.74 Å². The lowest BCUT2D eigenvalue weighted by Crippen LogP contribution is -2.70. The van der Waals surface area contributed by atoms with Crippen molar-refractivity contribution in [1.82, 2.24) is 15.5 Å². The van der Waals surface area contributed by atoms with Gasteiger partial charge in [0.05, 0.1) is 11.8 Å². The fourth-order valence-electron chi connectivity index (χ4n) is 4.32. The van der Waals surface area contributed by atoms with Gasteiger partial charge in [-0.15, -0.1) is 0 Å². The van der Waals surface area contributed by atoms with E-state index in [0.717, 1.165) is 19.5 Å². The number of nitrogens with zero attached hydrogens (tertiary/aromatic N) is 1. The molecule has 162 valence electrons. The van der Waals surface area contributed by atoms with E-state index in [-0.39, 0.29) is 18.4 Å².